The monoisotopic (exact) mass is 565 g/mol. The van der Waals surface area contributed by atoms with Gasteiger partial charge in [0.15, 0.2) is 5.75 Å². The summed E-state index contributed by atoms with van der Waals surface area (Å²) in [7, 11) is 0. The third-order valence-electron chi connectivity index (χ3n) is 6.40. The van der Waals surface area contributed by atoms with Crippen molar-refractivity contribution in [1.82, 2.24) is 9.13 Å². The van der Waals surface area contributed by atoms with Crippen molar-refractivity contribution in [1.29, 1.82) is 0 Å². The number of fused-ring (bicyclic) bond motifs is 6. The standard InChI is InChI=1S/C31H33F2N3O5/c1-30(2,3)40-28(37)35-23-10-8-17(32)14-19(23)21-16-22-20-15-18(33)9-11-24(20)36(29(38)41-31(4,5)6)26(22)27(25(21)35)39-13-7-12-34/h8-11,14-16H,7,12-13,34H2,1-6H3. The molecule has 2 heterocycles. The number of hydrogen-bond donors (Lipinski definition) is 1. The van der Waals surface area contributed by atoms with Gasteiger partial charge in [0.25, 0.3) is 0 Å². The first-order valence-corrected chi connectivity index (χ1v) is 13.4. The molecule has 0 unspecified atom stereocenters. The van der Waals surface area contributed by atoms with E-state index >= 15 is 0 Å². The van der Waals surface area contributed by atoms with Crippen molar-refractivity contribution in [2.75, 3.05) is 13.2 Å². The molecule has 0 saturated heterocycles. The van der Waals surface area contributed by atoms with Gasteiger partial charge in [-0.2, -0.15) is 0 Å². The molecule has 216 valence electrons. The summed E-state index contributed by atoms with van der Waals surface area (Å²) in [5, 5.41) is 1.78. The first kappa shape index (κ1) is 28.4. The maximum Gasteiger partial charge on any atom is 0.419 e. The molecule has 0 saturated carbocycles. The summed E-state index contributed by atoms with van der Waals surface area (Å²) in [6.45, 7) is 10.9. The maximum atomic E-state index is 14.6. The van der Waals surface area contributed by atoms with Crippen molar-refractivity contribution in [2.24, 2.45) is 5.73 Å². The zero-order valence-electron chi connectivity index (χ0n) is 23.9. The molecule has 2 N–H and O–H groups in total. The highest BCUT2D eigenvalue weighted by molar-refractivity contribution is 6.24. The molecule has 0 aliphatic rings. The number of ether oxygens (including phenoxy) is 3. The van der Waals surface area contributed by atoms with Crippen molar-refractivity contribution < 1.29 is 32.6 Å². The second-order valence-corrected chi connectivity index (χ2v) is 11.9. The Labute approximate surface area is 235 Å². The zero-order chi connectivity index (χ0) is 29.9. The molecule has 0 bridgehead atoms. The van der Waals surface area contributed by atoms with Crippen LogP contribution in [-0.2, 0) is 9.47 Å². The average molecular weight is 566 g/mol. The highest BCUT2D eigenvalue weighted by Crippen LogP contribution is 2.45. The molecular weight excluding hydrogens is 532 g/mol. The van der Waals surface area contributed by atoms with E-state index in [9.17, 15) is 18.4 Å². The Hall–Kier alpha value is -4.18. The third-order valence-corrected chi connectivity index (χ3v) is 6.40. The second-order valence-electron chi connectivity index (χ2n) is 11.9. The summed E-state index contributed by atoms with van der Waals surface area (Å²) < 4.78 is 49.6. The normalized spacial score (nSPS) is 12.5. The SMILES string of the molecule is CC(C)(C)OC(=O)n1c2ccc(F)cc2c2cc3c4cc(F)ccc4n(C(=O)OC(C)(C)C)c3c(OCCCN)c21. The lowest BCUT2D eigenvalue weighted by Crippen LogP contribution is -2.27. The van der Waals surface area contributed by atoms with Gasteiger partial charge < -0.3 is 19.9 Å². The Kier molecular flexibility index (Phi) is 6.93. The molecule has 10 heteroatoms. The number of carbonyl (C=O) groups is 2. The maximum absolute atomic E-state index is 14.6. The van der Waals surface area contributed by atoms with Gasteiger partial charge in [0.05, 0.1) is 17.6 Å². The number of nitrogens with two attached hydrogens (primary N) is 1. The summed E-state index contributed by atoms with van der Waals surface area (Å²) >= 11 is 0. The van der Waals surface area contributed by atoms with Crippen LogP contribution in [0.15, 0.2) is 42.5 Å². The Bertz CT molecular complexity index is 1710. The molecule has 0 aliphatic heterocycles. The lowest BCUT2D eigenvalue weighted by Gasteiger charge is -2.22. The van der Waals surface area contributed by atoms with E-state index in [-0.39, 0.29) is 23.4 Å². The van der Waals surface area contributed by atoms with Crippen LogP contribution in [0.4, 0.5) is 18.4 Å². The Morgan fingerprint density at radius 3 is 1.56 bits per heavy atom. The van der Waals surface area contributed by atoms with Gasteiger partial charge >= 0.3 is 12.2 Å². The van der Waals surface area contributed by atoms with E-state index in [0.717, 1.165) is 0 Å². The van der Waals surface area contributed by atoms with E-state index in [4.69, 9.17) is 19.9 Å². The summed E-state index contributed by atoms with van der Waals surface area (Å²) in [6, 6.07) is 9.84. The summed E-state index contributed by atoms with van der Waals surface area (Å²) in [5.41, 5.74) is 5.38. The number of nitrogens with zero attached hydrogens (tertiary/aromatic N) is 2. The van der Waals surface area contributed by atoms with Crippen LogP contribution in [0.5, 0.6) is 5.75 Å². The molecule has 2 aromatic heterocycles. The van der Waals surface area contributed by atoms with Crippen molar-refractivity contribution in [2.45, 2.75) is 59.2 Å². The average Bonchev–Trinajstić information content (AvgIpc) is 3.34. The fraction of sp³-hybridized carbons (Fsp3) is 0.355. The molecule has 0 atom stereocenters. The Balaban J connectivity index is 2.01. The minimum atomic E-state index is -0.840. The van der Waals surface area contributed by atoms with Crippen LogP contribution in [0.2, 0.25) is 0 Å². The summed E-state index contributed by atoms with van der Waals surface area (Å²) in [4.78, 5) is 27.4. The van der Waals surface area contributed by atoms with Crippen LogP contribution in [0.1, 0.15) is 48.0 Å². The molecule has 8 nitrogen and oxygen atoms in total. The van der Waals surface area contributed by atoms with Crippen LogP contribution in [0, 0.1) is 11.6 Å². The van der Waals surface area contributed by atoms with Gasteiger partial charge in [-0.15, -0.1) is 0 Å². The van der Waals surface area contributed by atoms with Crippen LogP contribution in [0.25, 0.3) is 43.6 Å². The topological polar surface area (TPSA) is 97.7 Å². The molecule has 0 radical (unpaired) electrons. The van der Waals surface area contributed by atoms with E-state index in [0.29, 0.717) is 45.5 Å². The number of halogens is 2. The number of carbonyl (C=O) groups excluding carboxylic acids is 2. The number of rotatable bonds is 4. The van der Waals surface area contributed by atoms with E-state index < -0.39 is 35.0 Å². The van der Waals surface area contributed by atoms with Gasteiger partial charge in [-0.1, -0.05) is 0 Å². The molecule has 5 aromatic rings. The number of hydrogen-bond acceptors (Lipinski definition) is 6. The highest BCUT2D eigenvalue weighted by Gasteiger charge is 2.31. The third kappa shape index (κ3) is 5.19. The lowest BCUT2D eigenvalue weighted by atomic mass is 10.1. The molecule has 41 heavy (non-hydrogen) atoms. The van der Waals surface area contributed by atoms with Crippen molar-refractivity contribution >= 4 is 55.8 Å². The lowest BCUT2D eigenvalue weighted by molar-refractivity contribution is 0.0541. The summed E-state index contributed by atoms with van der Waals surface area (Å²) in [5.74, 6) is -0.849. The fourth-order valence-corrected chi connectivity index (χ4v) is 4.96. The number of aromatic nitrogens is 2. The fourth-order valence-electron chi connectivity index (χ4n) is 4.96. The molecule has 0 fully saturated rings. The molecular formula is C31H33F2N3O5. The molecule has 3 aromatic carbocycles. The quantitative estimate of drug-likeness (QED) is 0.227. The van der Waals surface area contributed by atoms with Gasteiger partial charge in [-0.3, -0.25) is 0 Å². The smallest absolute Gasteiger partial charge is 0.419 e. The van der Waals surface area contributed by atoms with Crippen molar-refractivity contribution in [3.8, 4) is 5.75 Å². The van der Waals surface area contributed by atoms with Crippen molar-refractivity contribution in [3.63, 3.8) is 0 Å². The molecule has 5 rings (SSSR count). The highest BCUT2D eigenvalue weighted by atomic mass is 19.1. The van der Waals surface area contributed by atoms with E-state index in [1.165, 1.54) is 45.5 Å². The first-order valence-electron chi connectivity index (χ1n) is 13.4. The largest absolute Gasteiger partial charge is 0.489 e. The van der Waals surface area contributed by atoms with Crippen LogP contribution in [-0.4, -0.2) is 45.7 Å². The van der Waals surface area contributed by atoms with Crippen LogP contribution < -0.4 is 10.5 Å². The van der Waals surface area contributed by atoms with E-state index in [2.05, 4.69) is 0 Å². The van der Waals surface area contributed by atoms with Gasteiger partial charge in [0.1, 0.15) is 33.9 Å². The van der Waals surface area contributed by atoms with E-state index in [1.54, 1.807) is 47.6 Å². The van der Waals surface area contributed by atoms with Gasteiger partial charge in [-0.05, 0) is 97.0 Å². The molecule has 0 spiro atoms. The predicted octanol–water partition coefficient (Wildman–Crippen LogP) is 7.47. The minimum Gasteiger partial charge on any atom is -0.489 e. The van der Waals surface area contributed by atoms with Crippen LogP contribution >= 0.6 is 0 Å². The number of benzene rings is 3. The molecule has 0 amide bonds. The Morgan fingerprint density at radius 2 is 1.17 bits per heavy atom. The molecule has 0 aliphatic carbocycles. The minimum absolute atomic E-state index is 0.152. The van der Waals surface area contributed by atoms with Crippen LogP contribution in [0.3, 0.4) is 0 Å². The first-order chi connectivity index (χ1) is 19.2. The second kappa shape index (κ2) is 10.0. The van der Waals surface area contributed by atoms with Gasteiger partial charge in [0.2, 0.25) is 0 Å². The van der Waals surface area contributed by atoms with E-state index in [1.807, 2.05) is 0 Å². The summed E-state index contributed by atoms with van der Waals surface area (Å²) in [6.07, 6.45) is -0.947. The Morgan fingerprint density at radius 1 is 0.732 bits per heavy atom. The zero-order valence-corrected chi connectivity index (χ0v) is 23.9. The van der Waals surface area contributed by atoms with Crippen molar-refractivity contribution in [3.05, 3.63) is 54.1 Å². The van der Waals surface area contributed by atoms with Gasteiger partial charge in [0, 0.05) is 21.5 Å². The van der Waals surface area contributed by atoms with Gasteiger partial charge in [-0.25, -0.2) is 27.5 Å². The predicted molar refractivity (Wildman–Crippen MR) is 155 cm³/mol.